The van der Waals surface area contributed by atoms with E-state index in [9.17, 15) is 13.4 Å². The number of likely N-dealkylation sites (N-methyl/N-ethyl adjacent to an activating group) is 1. The van der Waals surface area contributed by atoms with Crippen molar-refractivity contribution in [2.75, 3.05) is 19.5 Å². The Morgan fingerprint density at radius 1 is 1.25 bits per heavy atom. The average molecular weight is 494 g/mol. The number of rotatable bonds is 5. The predicted octanol–water partition coefficient (Wildman–Crippen LogP) is 4.77. The first-order chi connectivity index (χ1) is 15.4. The summed E-state index contributed by atoms with van der Waals surface area (Å²) in [6, 6.07) is 12.9. The molecule has 0 aliphatic carbocycles. The Morgan fingerprint density at radius 2 is 2.00 bits per heavy atom. The van der Waals surface area contributed by atoms with Crippen molar-refractivity contribution in [2.24, 2.45) is 0 Å². The maximum atomic E-state index is 13.4. The summed E-state index contributed by atoms with van der Waals surface area (Å²) in [5, 5.41) is 4.70. The average Bonchev–Trinajstić information content (AvgIpc) is 3.28. The Labute approximate surface area is 197 Å². The molecule has 2 heterocycles. The zero-order valence-electron chi connectivity index (χ0n) is 17.3. The van der Waals surface area contributed by atoms with Gasteiger partial charge in [0.15, 0.2) is 11.2 Å². The third-order valence-corrected chi connectivity index (χ3v) is 7.88. The highest BCUT2D eigenvalue weighted by molar-refractivity contribution is 7.80. The molecule has 1 fully saturated rings. The summed E-state index contributed by atoms with van der Waals surface area (Å²) in [5.41, 5.74) is 2.47. The van der Waals surface area contributed by atoms with Crippen LogP contribution in [-0.2, 0) is 16.0 Å². The third-order valence-electron chi connectivity index (χ3n) is 5.28. The highest BCUT2D eigenvalue weighted by Gasteiger charge is 2.37. The molecule has 4 rings (SSSR count). The van der Waals surface area contributed by atoms with Crippen molar-refractivity contribution in [3.63, 3.8) is 0 Å². The topological polar surface area (TPSA) is 70.7 Å². The van der Waals surface area contributed by atoms with Crippen LogP contribution in [0.5, 0.6) is 5.75 Å². The maximum absolute atomic E-state index is 13.4. The minimum atomic E-state index is -1.55. The fourth-order valence-electron chi connectivity index (χ4n) is 3.46. The van der Waals surface area contributed by atoms with E-state index >= 15 is 0 Å². The summed E-state index contributed by atoms with van der Waals surface area (Å²) in [6.45, 7) is 0. The van der Waals surface area contributed by atoms with E-state index in [-0.39, 0.29) is 17.0 Å². The lowest BCUT2D eigenvalue weighted by Crippen LogP contribution is -2.52. The number of carbonyl (C=O) groups excluding carboxylic acids is 1. The number of hydrogen-bond acceptors (Lipinski definition) is 4. The van der Waals surface area contributed by atoms with Crippen LogP contribution in [-0.4, -0.2) is 34.6 Å². The molecule has 6 nitrogen and oxygen atoms in total. The lowest BCUT2D eigenvalue weighted by molar-refractivity contribution is -0.120. The number of thiophene rings is 1. The molecule has 10 heteroatoms. The lowest BCUT2D eigenvalue weighted by Gasteiger charge is -2.35. The first-order valence-corrected chi connectivity index (χ1v) is 12.1. The number of nitrogens with one attached hydrogen (secondary N) is 2. The molecule has 1 saturated heterocycles. The second-order valence-electron chi connectivity index (χ2n) is 7.30. The zero-order chi connectivity index (χ0) is 22.8. The normalized spacial score (nSPS) is 21.3. The highest BCUT2D eigenvalue weighted by atomic mass is 35.5. The SMILES string of the molecule is COc1ccc(-c2csc(C3CC(C(=O)Nc4ccc(F)c(Cl)c4)N(C)S(=O)N3)c2)cc1. The van der Waals surface area contributed by atoms with Crippen LogP contribution in [0.25, 0.3) is 11.1 Å². The van der Waals surface area contributed by atoms with Gasteiger partial charge in [-0.15, -0.1) is 11.3 Å². The molecule has 2 aromatic carbocycles. The lowest BCUT2D eigenvalue weighted by atomic mass is 10.0. The van der Waals surface area contributed by atoms with Crippen LogP contribution in [0, 0.1) is 5.82 Å². The second kappa shape index (κ2) is 9.68. The van der Waals surface area contributed by atoms with Crippen molar-refractivity contribution in [3.8, 4) is 16.9 Å². The fraction of sp³-hybridized carbons (Fsp3) is 0.227. The van der Waals surface area contributed by atoms with Crippen molar-refractivity contribution >= 4 is 45.7 Å². The molecule has 0 saturated carbocycles. The van der Waals surface area contributed by atoms with Gasteiger partial charge in [0.1, 0.15) is 17.6 Å². The van der Waals surface area contributed by atoms with Gasteiger partial charge in [-0.1, -0.05) is 23.7 Å². The van der Waals surface area contributed by atoms with Gasteiger partial charge in [0.2, 0.25) is 5.91 Å². The molecule has 1 aliphatic rings. The summed E-state index contributed by atoms with van der Waals surface area (Å²) in [7, 11) is 3.25. The zero-order valence-corrected chi connectivity index (χ0v) is 19.7. The fourth-order valence-corrected chi connectivity index (χ4v) is 5.74. The van der Waals surface area contributed by atoms with Gasteiger partial charge < -0.3 is 10.1 Å². The standard InChI is InChI=1S/C22H21ClFN3O3S2/c1-27-20(22(28)25-15-5-8-18(24)17(23)10-15)11-19(26-32(27)29)21-9-14(12-31-21)13-3-6-16(30-2)7-4-13/h3-10,12,19-20,26H,11H2,1-2H3,(H,25,28). The Balaban J connectivity index is 1.51. The quantitative estimate of drug-likeness (QED) is 0.538. The number of benzene rings is 2. The van der Waals surface area contributed by atoms with Gasteiger partial charge in [-0.3, -0.25) is 4.79 Å². The predicted molar refractivity (Wildman–Crippen MR) is 127 cm³/mol. The van der Waals surface area contributed by atoms with E-state index in [1.807, 2.05) is 35.7 Å². The van der Waals surface area contributed by atoms with Crippen molar-refractivity contribution in [1.29, 1.82) is 0 Å². The number of hydrogen-bond donors (Lipinski definition) is 2. The molecule has 3 atom stereocenters. The molecule has 3 aromatic rings. The molecule has 0 radical (unpaired) electrons. The maximum Gasteiger partial charge on any atom is 0.242 e. The number of carbonyl (C=O) groups is 1. The summed E-state index contributed by atoms with van der Waals surface area (Å²) in [4.78, 5) is 13.9. The number of ether oxygens (including phenoxy) is 1. The molecular weight excluding hydrogens is 473 g/mol. The van der Waals surface area contributed by atoms with Crippen molar-refractivity contribution < 1.29 is 18.1 Å². The smallest absolute Gasteiger partial charge is 0.242 e. The summed E-state index contributed by atoms with van der Waals surface area (Å²) >= 11 is 5.81. The minimum Gasteiger partial charge on any atom is -0.497 e. The van der Waals surface area contributed by atoms with E-state index in [1.54, 1.807) is 25.5 Å². The molecule has 1 aromatic heterocycles. The van der Waals surface area contributed by atoms with Crippen LogP contribution < -0.4 is 14.8 Å². The molecule has 0 bridgehead atoms. The first-order valence-electron chi connectivity index (χ1n) is 9.75. The van der Waals surface area contributed by atoms with Gasteiger partial charge in [0.25, 0.3) is 0 Å². The second-order valence-corrected chi connectivity index (χ2v) is 9.96. The Bertz CT molecular complexity index is 1160. The number of halogens is 2. The van der Waals surface area contributed by atoms with Gasteiger partial charge in [0.05, 0.1) is 18.2 Å². The van der Waals surface area contributed by atoms with Gasteiger partial charge >= 0.3 is 0 Å². The summed E-state index contributed by atoms with van der Waals surface area (Å²) in [6.07, 6.45) is 0.422. The molecule has 168 valence electrons. The first kappa shape index (κ1) is 22.9. The van der Waals surface area contributed by atoms with Gasteiger partial charge in [0, 0.05) is 17.6 Å². The van der Waals surface area contributed by atoms with Crippen LogP contribution in [0.2, 0.25) is 5.02 Å². The monoisotopic (exact) mass is 493 g/mol. The third kappa shape index (κ3) is 4.87. The summed E-state index contributed by atoms with van der Waals surface area (Å²) in [5.74, 6) is -0.106. The van der Waals surface area contributed by atoms with Gasteiger partial charge in [-0.25, -0.2) is 17.6 Å². The minimum absolute atomic E-state index is 0.0763. The van der Waals surface area contributed by atoms with E-state index in [4.69, 9.17) is 16.3 Å². The van der Waals surface area contributed by atoms with Crippen molar-refractivity contribution in [2.45, 2.75) is 18.5 Å². The Morgan fingerprint density at radius 3 is 2.69 bits per heavy atom. The molecule has 1 aliphatic heterocycles. The molecule has 0 spiro atoms. The molecule has 3 unspecified atom stereocenters. The van der Waals surface area contributed by atoms with Crippen LogP contribution in [0.15, 0.2) is 53.9 Å². The van der Waals surface area contributed by atoms with E-state index in [1.165, 1.54) is 22.5 Å². The van der Waals surface area contributed by atoms with Gasteiger partial charge in [-0.05, 0) is 59.3 Å². The van der Waals surface area contributed by atoms with Crippen molar-refractivity contribution in [3.05, 3.63) is 69.6 Å². The Kier molecular flexibility index (Phi) is 6.92. The van der Waals surface area contributed by atoms with E-state index in [2.05, 4.69) is 10.0 Å². The van der Waals surface area contributed by atoms with E-state index < -0.39 is 23.0 Å². The highest BCUT2D eigenvalue weighted by Crippen LogP contribution is 2.35. The molecular formula is C22H21ClFN3O3S2. The van der Waals surface area contributed by atoms with Crippen LogP contribution in [0.1, 0.15) is 17.3 Å². The van der Waals surface area contributed by atoms with E-state index in [0.717, 1.165) is 21.8 Å². The van der Waals surface area contributed by atoms with E-state index in [0.29, 0.717) is 12.1 Å². The number of anilines is 1. The molecule has 32 heavy (non-hydrogen) atoms. The number of methoxy groups -OCH3 is 1. The largest absolute Gasteiger partial charge is 0.497 e. The summed E-state index contributed by atoms with van der Waals surface area (Å²) < 4.78 is 35.8. The Hall–Kier alpha value is -2.30. The molecule has 2 N–H and O–H groups in total. The van der Waals surface area contributed by atoms with Crippen molar-refractivity contribution in [1.82, 2.24) is 9.03 Å². The van der Waals surface area contributed by atoms with Crippen LogP contribution in [0.4, 0.5) is 10.1 Å². The van der Waals surface area contributed by atoms with Gasteiger partial charge in [-0.2, -0.15) is 0 Å². The molecule has 1 amide bonds. The number of amides is 1. The van der Waals surface area contributed by atoms with Crippen LogP contribution >= 0.6 is 22.9 Å². The van der Waals surface area contributed by atoms with Crippen LogP contribution in [0.3, 0.4) is 0 Å². The number of nitrogens with zero attached hydrogens (tertiary/aromatic N) is 1.